The third-order valence-corrected chi connectivity index (χ3v) is 5.07. The Balaban J connectivity index is 1.54. The number of nitrogens with zero attached hydrogens (tertiary/aromatic N) is 1. The highest BCUT2D eigenvalue weighted by molar-refractivity contribution is 6.00. The number of fused-ring (bicyclic) bond motifs is 2. The number of carbonyl (C=O) groups is 2. The number of nitrogens with one attached hydrogen (secondary N) is 2. The molecule has 3 aromatic rings. The minimum absolute atomic E-state index is 0.00338. The molecule has 30 heavy (non-hydrogen) atoms. The van der Waals surface area contributed by atoms with Gasteiger partial charge in [-0.15, -0.1) is 0 Å². The lowest BCUT2D eigenvalue weighted by atomic mass is 9.94. The Hall–Kier alpha value is -3.35. The normalized spacial score (nSPS) is 13.7. The molecule has 0 aliphatic carbocycles. The number of aromatic amines is 1. The van der Waals surface area contributed by atoms with Crippen molar-refractivity contribution in [2.45, 2.75) is 27.2 Å². The predicted octanol–water partition coefficient (Wildman–Crippen LogP) is 4.26. The lowest BCUT2D eigenvalue weighted by Gasteiger charge is -2.34. The molecule has 4 rings (SSSR count). The summed E-state index contributed by atoms with van der Waals surface area (Å²) in [4.78, 5) is 30.2. The molecule has 156 valence electrons. The van der Waals surface area contributed by atoms with Crippen LogP contribution in [0, 0.1) is 11.2 Å². The Morgan fingerprint density at radius 2 is 2.00 bits per heavy atom. The largest absolute Gasteiger partial charge is 0.490 e. The molecule has 0 atom stereocenters. The highest BCUT2D eigenvalue weighted by atomic mass is 19.1. The number of aromatic nitrogens is 1. The van der Waals surface area contributed by atoms with E-state index in [-0.39, 0.29) is 24.1 Å². The van der Waals surface area contributed by atoms with Crippen LogP contribution < -0.4 is 15.0 Å². The molecular formula is C23H24FN3O3. The lowest BCUT2D eigenvalue weighted by molar-refractivity contribution is -0.126. The monoisotopic (exact) mass is 409 g/mol. The maximum atomic E-state index is 13.6. The SMILES string of the molecule is CC(C)(C)C(=O)N1CCOc2ccc(NC(=O)Cc3c[nH]c4ccc(F)cc34)cc21. The zero-order valence-corrected chi connectivity index (χ0v) is 17.2. The molecule has 1 aromatic heterocycles. The summed E-state index contributed by atoms with van der Waals surface area (Å²) in [6.07, 6.45) is 1.82. The number of ether oxygens (including phenoxy) is 1. The summed E-state index contributed by atoms with van der Waals surface area (Å²) >= 11 is 0. The Morgan fingerprint density at radius 1 is 1.20 bits per heavy atom. The molecule has 2 N–H and O–H groups in total. The van der Waals surface area contributed by atoms with Crippen molar-refractivity contribution in [3.63, 3.8) is 0 Å². The number of H-pyrrole nitrogens is 1. The highest BCUT2D eigenvalue weighted by Gasteiger charge is 2.32. The summed E-state index contributed by atoms with van der Waals surface area (Å²) in [5.41, 5.74) is 2.18. The third-order valence-electron chi connectivity index (χ3n) is 5.07. The van der Waals surface area contributed by atoms with Crippen molar-refractivity contribution >= 4 is 34.1 Å². The molecule has 0 bridgehead atoms. The van der Waals surface area contributed by atoms with Gasteiger partial charge >= 0.3 is 0 Å². The van der Waals surface area contributed by atoms with Gasteiger partial charge in [0.15, 0.2) is 0 Å². The standard InChI is InChI=1S/C23H24FN3O3/c1-23(2,3)22(29)27-8-9-30-20-7-5-16(12-19(20)27)26-21(28)10-14-13-25-18-6-4-15(24)11-17(14)18/h4-7,11-13,25H,8-10H2,1-3H3,(H,26,28). The maximum Gasteiger partial charge on any atom is 0.232 e. The predicted molar refractivity (Wildman–Crippen MR) is 114 cm³/mol. The molecule has 0 fully saturated rings. The van der Waals surface area contributed by atoms with Crippen LogP contribution in [0.5, 0.6) is 5.75 Å². The smallest absolute Gasteiger partial charge is 0.232 e. The Labute approximate surface area is 174 Å². The summed E-state index contributed by atoms with van der Waals surface area (Å²) in [6, 6.07) is 9.70. The Morgan fingerprint density at radius 3 is 2.77 bits per heavy atom. The second-order valence-corrected chi connectivity index (χ2v) is 8.47. The van der Waals surface area contributed by atoms with Crippen molar-refractivity contribution in [3.8, 4) is 5.75 Å². The molecule has 7 heteroatoms. The van der Waals surface area contributed by atoms with Gasteiger partial charge in [0.25, 0.3) is 0 Å². The summed E-state index contributed by atoms with van der Waals surface area (Å²) in [5.74, 6) is 0.0351. The van der Waals surface area contributed by atoms with Crippen molar-refractivity contribution in [3.05, 3.63) is 54.0 Å². The van der Waals surface area contributed by atoms with Crippen LogP contribution in [0.25, 0.3) is 10.9 Å². The van der Waals surface area contributed by atoms with Gasteiger partial charge < -0.3 is 19.9 Å². The molecule has 0 unspecified atom stereocenters. The van der Waals surface area contributed by atoms with Crippen molar-refractivity contribution in [1.82, 2.24) is 4.98 Å². The van der Waals surface area contributed by atoms with Crippen LogP contribution in [-0.2, 0) is 16.0 Å². The first-order chi connectivity index (χ1) is 14.2. The van der Waals surface area contributed by atoms with Gasteiger partial charge in [-0.25, -0.2) is 4.39 Å². The fraction of sp³-hybridized carbons (Fsp3) is 0.304. The van der Waals surface area contributed by atoms with E-state index in [4.69, 9.17) is 4.74 Å². The summed E-state index contributed by atoms with van der Waals surface area (Å²) in [7, 11) is 0. The van der Waals surface area contributed by atoms with Gasteiger partial charge in [0.2, 0.25) is 11.8 Å². The van der Waals surface area contributed by atoms with Gasteiger partial charge in [-0.3, -0.25) is 9.59 Å². The van der Waals surface area contributed by atoms with Crippen LogP contribution in [0.1, 0.15) is 26.3 Å². The maximum absolute atomic E-state index is 13.6. The van der Waals surface area contributed by atoms with E-state index in [0.29, 0.717) is 41.2 Å². The van der Waals surface area contributed by atoms with E-state index in [0.717, 1.165) is 5.52 Å². The quantitative estimate of drug-likeness (QED) is 0.679. The molecule has 0 saturated heterocycles. The van der Waals surface area contributed by atoms with E-state index in [2.05, 4.69) is 10.3 Å². The number of anilines is 2. The molecule has 1 aliphatic heterocycles. The van der Waals surface area contributed by atoms with Gasteiger partial charge in [-0.2, -0.15) is 0 Å². The van der Waals surface area contributed by atoms with Gasteiger partial charge in [-0.05, 0) is 42.0 Å². The number of amides is 2. The number of halogens is 1. The van der Waals surface area contributed by atoms with Crippen LogP contribution in [0.4, 0.5) is 15.8 Å². The van der Waals surface area contributed by atoms with E-state index in [1.807, 2.05) is 20.8 Å². The fourth-order valence-electron chi connectivity index (χ4n) is 3.59. The summed E-state index contributed by atoms with van der Waals surface area (Å²) in [5, 5.41) is 3.55. The first-order valence-corrected chi connectivity index (χ1v) is 9.86. The molecule has 2 amide bonds. The van der Waals surface area contributed by atoms with Crippen molar-refractivity contribution < 1.29 is 18.7 Å². The topological polar surface area (TPSA) is 74.4 Å². The highest BCUT2D eigenvalue weighted by Crippen LogP contribution is 2.36. The number of rotatable bonds is 3. The van der Waals surface area contributed by atoms with Crippen molar-refractivity contribution in [1.29, 1.82) is 0 Å². The van der Waals surface area contributed by atoms with E-state index >= 15 is 0 Å². The summed E-state index contributed by atoms with van der Waals surface area (Å²) in [6.45, 7) is 6.51. The van der Waals surface area contributed by atoms with Crippen LogP contribution >= 0.6 is 0 Å². The molecule has 1 aliphatic rings. The number of carbonyl (C=O) groups excluding carboxylic acids is 2. The van der Waals surface area contributed by atoms with Gasteiger partial charge in [0, 0.05) is 28.2 Å². The van der Waals surface area contributed by atoms with Crippen molar-refractivity contribution in [2.24, 2.45) is 5.41 Å². The third kappa shape index (κ3) is 3.87. The van der Waals surface area contributed by atoms with E-state index in [9.17, 15) is 14.0 Å². The van der Waals surface area contributed by atoms with E-state index < -0.39 is 5.41 Å². The van der Waals surface area contributed by atoms with Crippen molar-refractivity contribution in [2.75, 3.05) is 23.4 Å². The molecule has 2 aromatic carbocycles. The molecule has 0 radical (unpaired) electrons. The second-order valence-electron chi connectivity index (χ2n) is 8.47. The Bertz CT molecular complexity index is 1130. The number of hydrogen-bond donors (Lipinski definition) is 2. The average Bonchev–Trinajstić information content (AvgIpc) is 3.08. The van der Waals surface area contributed by atoms with Crippen LogP contribution in [-0.4, -0.2) is 29.9 Å². The molecule has 0 spiro atoms. The number of hydrogen-bond acceptors (Lipinski definition) is 3. The second kappa shape index (κ2) is 7.48. The zero-order valence-electron chi connectivity index (χ0n) is 17.2. The van der Waals surface area contributed by atoms with E-state index in [1.54, 1.807) is 35.4 Å². The van der Waals surface area contributed by atoms with Crippen LogP contribution in [0.15, 0.2) is 42.6 Å². The summed E-state index contributed by atoms with van der Waals surface area (Å²) < 4.78 is 19.2. The molecule has 0 saturated carbocycles. The van der Waals surface area contributed by atoms with Crippen LogP contribution in [0.2, 0.25) is 0 Å². The molecule has 6 nitrogen and oxygen atoms in total. The first kappa shape index (κ1) is 19.9. The van der Waals surface area contributed by atoms with E-state index in [1.165, 1.54) is 12.1 Å². The number of benzene rings is 2. The van der Waals surface area contributed by atoms with Gasteiger partial charge in [-0.1, -0.05) is 20.8 Å². The zero-order chi connectivity index (χ0) is 21.5. The molecule has 2 heterocycles. The average molecular weight is 409 g/mol. The van der Waals surface area contributed by atoms with Gasteiger partial charge in [0.1, 0.15) is 18.2 Å². The fourth-order valence-corrected chi connectivity index (χ4v) is 3.59. The van der Waals surface area contributed by atoms with Crippen LogP contribution in [0.3, 0.4) is 0 Å². The first-order valence-electron chi connectivity index (χ1n) is 9.86. The Kier molecular flexibility index (Phi) is 4.97. The minimum atomic E-state index is -0.529. The van der Waals surface area contributed by atoms with Gasteiger partial charge in [0.05, 0.1) is 18.7 Å². The lowest BCUT2D eigenvalue weighted by Crippen LogP contribution is -2.44. The molecular weight excluding hydrogens is 385 g/mol. The minimum Gasteiger partial charge on any atom is -0.490 e.